The maximum absolute atomic E-state index is 4.98. The van der Waals surface area contributed by atoms with Crippen molar-refractivity contribution in [3.8, 4) is 33.4 Å². The van der Waals surface area contributed by atoms with Crippen LogP contribution in [0.2, 0.25) is 0 Å². The van der Waals surface area contributed by atoms with Crippen LogP contribution in [0.1, 0.15) is 54.2 Å². The standard InChI is InChI=1S/C49H36N2.C5H9N.C5H8/c1-3-7-30-22-32(12-10-28(30)4-2)34-16-20-44-40(24-34)42-26-36-14-15-37-27-43-41-25-35(33-13-11-29-8-5-6-9-31(29)23-33)17-21-45(41)51-49(43)39-19-18-38(48(42)50-44)46(36)47(37)39;1-2-3-4-5-6;1-3-5-4-2/h3-13,16-17,20-27,50-51H,2,14-15,18-19H2,1H3;2-5H,6H2,1H3;3-5H,1H2,2H3/b7-3-;3-2-,5-4-;5-4-. The van der Waals surface area contributed by atoms with Gasteiger partial charge in [0.25, 0.3) is 0 Å². The fourth-order valence-corrected chi connectivity index (χ4v) is 9.67. The smallest absolute Gasteiger partial charge is 0.0503 e. The number of nitrogens with one attached hydrogen (secondary N) is 2. The fraction of sp³-hybridized carbons (Fsp3) is 0.119. The molecule has 2 heterocycles. The molecule has 0 saturated carbocycles. The summed E-state index contributed by atoms with van der Waals surface area (Å²) in [5.74, 6) is 0. The Morgan fingerprint density at radius 3 is 1.56 bits per heavy atom. The molecule has 0 unspecified atom stereocenters. The van der Waals surface area contributed by atoms with E-state index in [4.69, 9.17) is 5.73 Å². The molecule has 3 heteroatoms. The largest absolute Gasteiger partial charge is 0.405 e. The Hall–Kier alpha value is -7.36. The number of rotatable bonds is 6. The molecule has 0 spiro atoms. The van der Waals surface area contributed by atoms with Crippen LogP contribution in [0.3, 0.4) is 0 Å². The summed E-state index contributed by atoms with van der Waals surface area (Å²) in [6.45, 7) is 13.5. The first-order chi connectivity index (χ1) is 30.5. The molecule has 0 radical (unpaired) electrons. The molecule has 7 aromatic carbocycles. The van der Waals surface area contributed by atoms with Crippen molar-refractivity contribution in [2.45, 2.75) is 46.5 Å². The van der Waals surface area contributed by atoms with E-state index in [0.29, 0.717) is 0 Å². The number of allylic oxidation sites excluding steroid dienone is 7. The van der Waals surface area contributed by atoms with Gasteiger partial charge in [-0.2, -0.15) is 0 Å². The van der Waals surface area contributed by atoms with Crippen LogP contribution in [0.5, 0.6) is 0 Å². The molecule has 9 aromatic rings. The van der Waals surface area contributed by atoms with Crippen molar-refractivity contribution < 1.29 is 0 Å². The van der Waals surface area contributed by atoms with E-state index in [-0.39, 0.29) is 0 Å². The monoisotopic (exact) mass is 803 g/mol. The molecule has 0 aliphatic heterocycles. The zero-order valence-corrected chi connectivity index (χ0v) is 36.0. The molecule has 0 amide bonds. The van der Waals surface area contributed by atoms with Crippen molar-refractivity contribution in [2.24, 2.45) is 5.73 Å². The Morgan fingerprint density at radius 1 is 0.500 bits per heavy atom. The number of H-pyrrole nitrogens is 2. The number of nitrogens with two attached hydrogens (primary N) is 1. The van der Waals surface area contributed by atoms with E-state index in [9.17, 15) is 0 Å². The predicted octanol–water partition coefficient (Wildman–Crippen LogP) is 15.8. The van der Waals surface area contributed by atoms with Crippen molar-refractivity contribution in [3.05, 3.63) is 204 Å². The topological polar surface area (TPSA) is 57.6 Å². The quantitative estimate of drug-likeness (QED) is 0.144. The number of aryl methyl sites for hydroxylation is 4. The van der Waals surface area contributed by atoms with Gasteiger partial charge in [-0.25, -0.2) is 0 Å². The number of benzene rings is 7. The van der Waals surface area contributed by atoms with Gasteiger partial charge < -0.3 is 15.7 Å². The molecule has 0 fully saturated rings. The predicted molar refractivity (Wildman–Crippen MR) is 272 cm³/mol. The van der Waals surface area contributed by atoms with Crippen LogP contribution in [0, 0.1) is 0 Å². The summed E-state index contributed by atoms with van der Waals surface area (Å²) >= 11 is 0. The zero-order chi connectivity index (χ0) is 42.7. The van der Waals surface area contributed by atoms with Gasteiger partial charge in [0, 0.05) is 32.6 Å². The third kappa shape index (κ3) is 7.20. The highest BCUT2D eigenvalue weighted by Gasteiger charge is 2.30. The van der Waals surface area contributed by atoms with Gasteiger partial charge in [-0.05, 0) is 185 Å². The first kappa shape index (κ1) is 40.1. The first-order valence-electron chi connectivity index (χ1n) is 21.8. The number of aromatic nitrogens is 2. The summed E-state index contributed by atoms with van der Waals surface area (Å²) in [6, 6.07) is 41.0. The Bertz CT molecular complexity index is 3310. The summed E-state index contributed by atoms with van der Waals surface area (Å²) in [5.41, 5.74) is 26.4. The van der Waals surface area contributed by atoms with Crippen LogP contribution in [0.25, 0.3) is 99.9 Å². The van der Waals surface area contributed by atoms with Gasteiger partial charge in [-0.1, -0.05) is 122 Å². The van der Waals surface area contributed by atoms with Crippen LogP contribution in [-0.2, 0) is 25.7 Å². The van der Waals surface area contributed by atoms with Crippen molar-refractivity contribution in [1.29, 1.82) is 0 Å². The Kier molecular flexibility index (Phi) is 11.2. The van der Waals surface area contributed by atoms with E-state index < -0.39 is 0 Å². The van der Waals surface area contributed by atoms with Crippen LogP contribution in [0.4, 0.5) is 0 Å². The van der Waals surface area contributed by atoms with Crippen molar-refractivity contribution in [3.63, 3.8) is 0 Å². The highest BCUT2D eigenvalue weighted by Crippen LogP contribution is 2.49. The lowest BCUT2D eigenvalue weighted by atomic mass is 9.74. The number of aromatic amines is 2. The first-order valence-corrected chi connectivity index (χ1v) is 21.8. The number of hydrogen-bond donors (Lipinski definition) is 3. The molecule has 4 N–H and O–H groups in total. The normalized spacial score (nSPS) is 13.1. The van der Waals surface area contributed by atoms with E-state index in [1.54, 1.807) is 12.2 Å². The van der Waals surface area contributed by atoms with Crippen LogP contribution >= 0.6 is 0 Å². The molecule has 304 valence electrons. The Balaban J connectivity index is 0.000000399. The lowest BCUT2D eigenvalue weighted by Gasteiger charge is -2.30. The minimum absolute atomic E-state index is 1.04. The molecule has 2 aliphatic carbocycles. The third-order valence-corrected chi connectivity index (χ3v) is 12.5. The van der Waals surface area contributed by atoms with Crippen LogP contribution in [0.15, 0.2) is 171 Å². The molecule has 11 rings (SSSR count). The molecule has 2 aliphatic rings. The summed E-state index contributed by atoms with van der Waals surface area (Å²) in [7, 11) is 0. The zero-order valence-electron chi connectivity index (χ0n) is 36.0. The minimum atomic E-state index is 1.04. The van der Waals surface area contributed by atoms with Gasteiger partial charge in [-0.15, -0.1) is 0 Å². The fourth-order valence-electron chi connectivity index (χ4n) is 9.67. The molecular formula is C59H53N3. The lowest BCUT2D eigenvalue weighted by Crippen LogP contribution is -2.15. The Labute approximate surface area is 365 Å². The van der Waals surface area contributed by atoms with Crippen LogP contribution in [-0.4, -0.2) is 9.97 Å². The number of hydrogen-bond acceptors (Lipinski definition) is 1. The SMILES string of the molecule is C/C=C\C=C/N.C=C/C=C\C.C=Cc1ccc(-c2ccc3[nH]c4c5c6c(cc4c3c2)CCc2cc3c([nH]c4ccc(-c7ccc8ccccc8c7)cc43)c(c2-6)CC5)cc1/C=C\C. The molecule has 62 heavy (non-hydrogen) atoms. The summed E-state index contributed by atoms with van der Waals surface area (Å²) in [5, 5.41) is 7.92. The maximum atomic E-state index is 4.98. The van der Waals surface area contributed by atoms with E-state index in [1.807, 2.05) is 44.2 Å². The third-order valence-electron chi connectivity index (χ3n) is 12.5. The second-order valence-corrected chi connectivity index (χ2v) is 16.2. The van der Waals surface area contributed by atoms with Crippen LogP contribution < -0.4 is 5.73 Å². The molecule has 0 bridgehead atoms. The highest BCUT2D eigenvalue weighted by atomic mass is 14.7. The average molecular weight is 804 g/mol. The van der Waals surface area contributed by atoms with E-state index in [0.717, 1.165) is 31.2 Å². The Morgan fingerprint density at radius 2 is 1.05 bits per heavy atom. The molecular weight excluding hydrogens is 751 g/mol. The van der Waals surface area contributed by atoms with E-state index in [1.165, 1.54) is 122 Å². The van der Waals surface area contributed by atoms with Crippen molar-refractivity contribution >= 4 is 66.5 Å². The molecule has 0 saturated heterocycles. The summed E-state index contributed by atoms with van der Waals surface area (Å²) in [6.07, 6.45) is 23.1. The van der Waals surface area contributed by atoms with E-state index in [2.05, 4.69) is 151 Å². The second-order valence-electron chi connectivity index (χ2n) is 16.2. The number of fused-ring (bicyclic) bond motifs is 9. The van der Waals surface area contributed by atoms with Gasteiger partial charge in [0.1, 0.15) is 0 Å². The van der Waals surface area contributed by atoms with Gasteiger partial charge >= 0.3 is 0 Å². The average Bonchev–Trinajstić information content (AvgIpc) is 3.88. The summed E-state index contributed by atoms with van der Waals surface area (Å²) in [4.78, 5) is 7.79. The molecule has 0 atom stereocenters. The molecule has 2 aromatic heterocycles. The van der Waals surface area contributed by atoms with Gasteiger partial charge in [0.05, 0.1) is 11.0 Å². The summed E-state index contributed by atoms with van der Waals surface area (Å²) < 4.78 is 0. The van der Waals surface area contributed by atoms with Crippen molar-refractivity contribution in [1.82, 2.24) is 9.97 Å². The highest BCUT2D eigenvalue weighted by molar-refractivity contribution is 6.15. The maximum Gasteiger partial charge on any atom is 0.0503 e. The van der Waals surface area contributed by atoms with Gasteiger partial charge in [0.15, 0.2) is 0 Å². The van der Waals surface area contributed by atoms with E-state index >= 15 is 0 Å². The minimum Gasteiger partial charge on any atom is -0.405 e. The second kappa shape index (κ2) is 17.3. The van der Waals surface area contributed by atoms with Gasteiger partial charge in [0.2, 0.25) is 0 Å². The lowest BCUT2D eigenvalue weighted by molar-refractivity contribution is 0.888. The van der Waals surface area contributed by atoms with Crippen molar-refractivity contribution in [2.75, 3.05) is 0 Å². The molecule has 3 nitrogen and oxygen atoms in total. The van der Waals surface area contributed by atoms with Gasteiger partial charge in [-0.3, -0.25) is 0 Å².